The second-order valence-electron chi connectivity index (χ2n) is 10.5. The Morgan fingerprint density at radius 1 is 0.800 bits per heavy atom. The molecular weight excluding hydrogens is 587 g/mol. The number of rotatable bonds is 8. The largest absolute Gasteiger partial charge is 0.573 e. The van der Waals surface area contributed by atoms with E-state index in [4.69, 9.17) is 9.47 Å². The molecule has 0 bridgehead atoms. The van der Waals surface area contributed by atoms with Crippen molar-refractivity contribution < 1.29 is 37.0 Å². The molecule has 11 heteroatoms. The zero-order valence-corrected chi connectivity index (χ0v) is 24.7. The average Bonchev–Trinajstić information content (AvgIpc) is 3.01. The van der Waals surface area contributed by atoms with Crippen LogP contribution in [0.4, 0.5) is 29.3 Å². The third-order valence-electron chi connectivity index (χ3n) is 7.34. The highest BCUT2D eigenvalue weighted by Gasteiger charge is 2.31. The quantitative estimate of drug-likeness (QED) is 0.209. The maximum atomic E-state index is 13.4. The molecule has 4 aromatic rings. The van der Waals surface area contributed by atoms with Gasteiger partial charge in [0, 0.05) is 55.0 Å². The lowest BCUT2D eigenvalue weighted by Crippen LogP contribution is -2.43. The molecule has 0 aliphatic carbocycles. The minimum atomic E-state index is -4.79. The van der Waals surface area contributed by atoms with Gasteiger partial charge in [0.15, 0.2) is 0 Å². The molecule has 1 aliphatic heterocycles. The molecule has 0 aromatic heterocycles. The topological polar surface area (TPSA) is 89.1 Å². The van der Waals surface area contributed by atoms with Crippen molar-refractivity contribution in [3.8, 4) is 28.4 Å². The number of amides is 3. The van der Waals surface area contributed by atoms with Crippen LogP contribution in [0.15, 0.2) is 91.0 Å². The number of urea groups is 1. The van der Waals surface area contributed by atoms with Gasteiger partial charge >= 0.3 is 12.4 Å². The predicted octanol–water partition coefficient (Wildman–Crippen LogP) is 7.90. The number of anilines is 2. The fourth-order valence-electron chi connectivity index (χ4n) is 5.18. The number of aryl methyl sites for hydroxylation is 1. The fraction of sp³-hybridized carbons (Fsp3) is 0.235. The van der Waals surface area contributed by atoms with Crippen LogP contribution in [0.1, 0.15) is 28.8 Å². The van der Waals surface area contributed by atoms with Crippen LogP contribution in [0.2, 0.25) is 0 Å². The Kier molecular flexibility index (Phi) is 9.46. The first-order chi connectivity index (χ1) is 21.6. The molecule has 0 atom stereocenters. The lowest BCUT2D eigenvalue weighted by molar-refractivity contribution is -0.274. The molecule has 4 aromatic carbocycles. The standard InChI is InChI=1S/C34H32F3N3O5/c1-22-6-3-11-30(31(22)23-12-14-27(15-13-23)45-34(35,36)37)32(41)38-24-7-5-10-29(21-24)44-26-16-18-40(19-17-26)33(42)39-25-8-4-9-28(20-25)43-2/h3-15,20-21,26H,16-19H2,1-2H3,(H,38,41)(H,39,42). The molecule has 1 heterocycles. The van der Waals surface area contributed by atoms with E-state index in [0.29, 0.717) is 65.5 Å². The summed E-state index contributed by atoms with van der Waals surface area (Å²) in [6.45, 7) is 2.88. The third kappa shape index (κ3) is 8.26. The number of carbonyl (C=O) groups is 2. The summed E-state index contributed by atoms with van der Waals surface area (Å²) in [7, 11) is 1.57. The first-order valence-electron chi connectivity index (χ1n) is 14.3. The van der Waals surface area contributed by atoms with Gasteiger partial charge in [0.05, 0.1) is 7.11 Å². The normalized spacial score (nSPS) is 13.6. The highest BCUT2D eigenvalue weighted by molar-refractivity contribution is 6.09. The number of benzene rings is 4. The maximum Gasteiger partial charge on any atom is 0.573 e. The van der Waals surface area contributed by atoms with Crippen LogP contribution in [0.3, 0.4) is 0 Å². The van der Waals surface area contributed by atoms with Crippen molar-refractivity contribution in [2.24, 2.45) is 0 Å². The van der Waals surface area contributed by atoms with Gasteiger partial charge in [0.25, 0.3) is 5.91 Å². The van der Waals surface area contributed by atoms with Crippen LogP contribution < -0.4 is 24.8 Å². The van der Waals surface area contributed by atoms with E-state index in [2.05, 4.69) is 15.4 Å². The minimum Gasteiger partial charge on any atom is -0.497 e. The summed E-state index contributed by atoms with van der Waals surface area (Å²) < 4.78 is 53.2. The van der Waals surface area contributed by atoms with Gasteiger partial charge in [-0.15, -0.1) is 13.2 Å². The van der Waals surface area contributed by atoms with Crippen LogP contribution in [0.25, 0.3) is 11.1 Å². The molecule has 2 N–H and O–H groups in total. The van der Waals surface area contributed by atoms with E-state index >= 15 is 0 Å². The molecule has 0 unspecified atom stereocenters. The molecule has 1 fully saturated rings. The number of methoxy groups -OCH3 is 1. The molecule has 234 valence electrons. The minimum absolute atomic E-state index is 0.107. The molecule has 3 amide bonds. The van der Waals surface area contributed by atoms with E-state index in [1.54, 1.807) is 60.5 Å². The number of nitrogens with one attached hydrogen (secondary N) is 2. The van der Waals surface area contributed by atoms with Crippen LogP contribution in [-0.4, -0.2) is 49.5 Å². The van der Waals surface area contributed by atoms with Crippen LogP contribution in [0, 0.1) is 6.92 Å². The molecular formula is C34H32F3N3O5. The smallest absolute Gasteiger partial charge is 0.497 e. The Hall–Kier alpha value is -5.19. The van der Waals surface area contributed by atoms with Gasteiger partial charge in [-0.3, -0.25) is 4.79 Å². The summed E-state index contributed by atoms with van der Waals surface area (Å²) in [5.41, 5.74) is 3.51. The number of halogens is 3. The van der Waals surface area contributed by atoms with Crippen molar-refractivity contribution in [2.45, 2.75) is 32.2 Å². The van der Waals surface area contributed by atoms with E-state index < -0.39 is 6.36 Å². The molecule has 8 nitrogen and oxygen atoms in total. The second-order valence-corrected chi connectivity index (χ2v) is 10.5. The molecule has 0 saturated carbocycles. The number of nitrogens with zero attached hydrogens (tertiary/aromatic N) is 1. The highest BCUT2D eigenvalue weighted by atomic mass is 19.4. The van der Waals surface area contributed by atoms with Gasteiger partial charge in [0.1, 0.15) is 23.4 Å². The molecule has 0 spiro atoms. The summed E-state index contributed by atoms with van der Waals surface area (Å²) in [4.78, 5) is 27.9. The van der Waals surface area contributed by atoms with Crippen molar-refractivity contribution in [2.75, 3.05) is 30.8 Å². The maximum absolute atomic E-state index is 13.4. The van der Waals surface area contributed by atoms with Crippen LogP contribution >= 0.6 is 0 Å². The van der Waals surface area contributed by atoms with E-state index in [0.717, 1.165) is 5.56 Å². The number of alkyl halides is 3. The summed E-state index contributed by atoms with van der Waals surface area (Å²) in [6.07, 6.45) is -3.62. The zero-order valence-electron chi connectivity index (χ0n) is 24.7. The van der Waals surface area contributed by atoms with E-state index in [9.17, 15) is 22.8 Å². The summed E-state index contributed by atoms with van der Waals surface area (Å²) >= 11 is 0. The molecule has 0 radical (unpaired) electrons. The van der Waals surface area contributed by atoms with Gasteiger partial charge in [-0.2, -0.15) is 0 Å². The van der Waals surface area contributed by atoms with Crippen LogP contribution in [0.5, 0.6) is 17.2 Å². The summed E-state index contributed by atoms with van der Waals surface area (Å²) in [6, 6.07) is 24.7. The summed E-state index contributed by atoms with van der Waals surface area (Å²) in [5, 5.41) is 5.80. The fourth-order valence-corrected chi connectivity index (χ4v) is 5.18. The van der Waals surface area contributed by atoms with Gasteiger partial charge in [-0.05, 0) is 66.1 Å². The van der Waals surface area contributed by atoms with Crippen molar-refractivity contribution in [3.05, 3.63) is 102 Å². The average molecular weight is 620 g/mol. The number of hydrogen-bond donors (Lipinski definition) is 2. The molecule has 45 heavy (non-hydrogen) atoms. The number of piperidine rings is 1. The van der Waals surface area contributed by atoms with E-state index in [1.165, 1.54) is 24.3 Å². The van der Waals surface area contributed by atoms with Gasteiger partial charge in [-0.25, -0.2) is 4.79 Å². The zero-order chi connectivity index (χ0) is 32.0. The number of likely N-dealkylation sites (tertiary alicyclic amines) is 1. The summed E-state index contributed by atoms with van der Waals surface area (Å²) in [5.74, 6) is 0.518. The molecule has 5 rings (SSSR count). The van der Waals surface area contributed by atoms with Gasteiger partial charge < -0.3 is 29.7 Å². The SMILES string of the molecule is COc1cccc(NC(=O)N2CCC(Oc3cccc(NC(=O)c4cccc(C)c4-c4ccc(OC(F)(F)F)cc4)c3)CC2)c1. The van der Waals surface area contributed by atoms with Crippen molar-refractivity contribution >= 4 is 23.3 Å². The lowest BCUT2D eigenvalue weighted by Gasteiger charge is -2.32. The first kappa shape index (κ1) is 31.2. The predicted molar refractivity (Wildman–Crippen MR) is 165 cm³/mol. The molecule has 1 aliphatic rings. The second kappa shape index (κ2) is 13.6. The van der Waals surface area contributed by atoms with E-state index in [-0.39, 0.29) is 23.8 Å². The number of ether oxygens (including phenoxy) is 3. The Bertz CT molecular complexity index is 1650. The number of hydrogen-bond acceptors (Lipinski definition) is 5. The van der Waals surface area contributed by atoms with Crippen LogP contribution in [-0.2, 0) is 0 Å². The number of carbonyl (C=O) groups excluding carboxylic acids is 2. The molecule has 1 saturated heterocycles. The Morgan fingerprint density at radius 2 is 1.42 bits per heavy atom. The van der Waals surface area contributed by atoms with E-state index in [1.807, 2.05) is 25.1 Å². The third-order valence-corrected chi connectivity index (χ3v) is 7.34. The Labute approximate surface area is 258 Å². The van der Waals surface area contributed by atoms with Gasteiger partial charge in [-0.1, -0.05) is 36.4 Å². The Morgan fingerprint density at radius 3 is 2.09 bits per heavy atom. The van der Waals surface area contributed by atoms with Crippen molar-refractivity contribution in [3.63, 3.8) is 0 Å². The highest BCUT2D eigenvalue weighted by Crippen LogP contribution is 2.32. The monoisotopic (exact) mass is 619 g/mol. The van der Waals surface area contributed by atoms with Crippen molar-refractivity contribution in [1.82, 2.24) is 4.90 Å². The van der Waals surface area contributed by atoms with Gasteiger partial charge in [0.2, 0.25) is 0 Å². The lowest BCUT2D eigenvalue weighted by atomic mass is 9.94. The van der Waals surface area contributed by atoms with Crippen molar-refractivity contribution in [1.29, 1.82) is 0 Å². The first-order valence-corrected chi connectivity index (χ1v) is 14.3. The Balaban J connectivity index is 1.19.